The molecule has 0 saturated heterocycles. The fourth-order valence-electron chi connectivity index (χ4n) is 8.71. The van der Waals surface area contributed by atoms with E-state index >= 15 is 0 Å². The van der Waals surface area contributed by atoms with Gasteiger partial charge >= 0.3 is 0 Å². The van der Waals surface area contributed by atoms with Gasteiger partial charge in [0.05, 0.1) is 27.8 Å². The third-order valence-electron chi connectivity index (χ3n) is 11.2. The summed E-state index contributed by atoms with van der Waals surface area (Å²) in [5, 5.41) is 6.64. The fraction of sp³-hybridized carbons (Fsp3) is 0. The van der Waals surface area contributed by atoms with Gasteiger partial charge in [0.15, 0.2) is 28.6 Å². The monoisotopic (exact) mass is 729 g/mol. The molecule has 4 aromatic heterocycles. The van der Waals surface area contributed by atoms with Crippen LogP contribution in [-0.2, 0) is 0 Å². The molecule has 4 heterocycles. The van der Waals surface area contributed by atoms with E-state index in [4.69, 9.17) is 19.4 Å². The van der Waals surface area contributed by atoms with Gasteiger partial charge in [-0.15, -0.1) is 0 Å². The van der Waals surface area contributed by atoms with E-state index in [9.17, 15) is 0 Å². The Kier molecular flexibility index (Phi) is 6.83. The summed E-state index contributed by atoms with van der Waals surface area (Å²) < 4.78 is 11.9. The van der Waals surface area contributed by atoms with Crippen LogP contribution in [0.2, 0.25) is 0 Å². The number of rotatable bonds is 5. The van der Waals surface area contributed by atoms with Crippen LogP contribution in [0.4, 0.5) is 0 Å². The van der Waals surface area contributed by atoms with E-state index in [-0.39, 0.29) is 0 Å². The number of nitrogens with zero attached hydrogens (tertiary/aromatic N) is 5. The average molecular weight is 730 g/mol. The summed E-state index contributed by atoms with van der Waals surface area (Å²) in [7, 11) is 0. The highest BCUT2D eigenvalue weighted by Gasteiger charge is 2.24. The molecule has 266 valence electrons. The van der Waals surface area contributed by atoms with Crippen LogP contribution in [0.25, 0.3) is 111 Å². The lowest BCUT2D eigenvalue weighted by atomic mass is 10.0. The van der Waals surface area contributed by atoms with Gasteiger partial charge in [-0.1, -0.05) is 146 Å². The Morgan fingerprint density at radius 3 is 1.53 bits per heavy atom. The first-order valence-corrected chi connectivity index (χ1v) is 19.1. The van der Waals surface area contributed by atoms with Crippen molar-refractivity contribution in [1.29, 1.82) is 0 Å². The van der Waals surface area contributed by atoms with Crippen molar-refractivity contribution < 1.29 is 4.42 Å². The Morgan fingerprint density at radius 2 is 0.860 bits per heavy atom. The average Bonchev–Trinajstić information content (AvgIpc) is 3.95. The van der Waals surface area contributed by atoms with Crippen molar-refractivity contribution in [2.75, 3.05) is 0 Å². The summed E-state index contributed by atoms with van der Waals surface area (Å²) in [5.74, 6) is 1.86. The van der Waals surface area contributed by atoms with Crippen LogP contribution in [0.15, 0.2) is 192 Å². The third kappa shape index (κ3) is 4.74. The molecule has 57 heavy (non-hydrogen) atoms. The number of hydrogen-bond donors (Lipinski definition) is 0. The maximum Gasteiger partial charge on any atom is 0.164 e. The second-order valence-corrected chi connectivity index (χ2v) is 14.4. The quantitative estimate of drug-likeness (QED) is 0.177. The number of para-hydroxylation sites is 4. The summed E-state index contributed by atoms with van der Waals surface area (Å²) in [4.78, 5) is 15.3. The Balaban J connectivity index is 1.18. The minimum atomic E-state index is 0.610. The molecule has 0 atom stereocenters. The van der Waals surface area contributed by atoms with Crippen LogP contribution >= 0.6 is 0 Å². The molecule has 0 unspecified atom stereocenters. The molecule has 12 rings (SSSR count). The smallest absolute Gasteiger partial charge is 0.164 e. The summed E-state index contributed by atoms with van der Waals surface area (Å²) in [6.45, 7) is 0. The maximum atomic E-state index is 7.23. The summed E-state index contributed by atoms with van der Waals surface area (Å²) in [5.41, 5.74) is 10.8. The standard InChI is InChI=1S/C51H31N5O/c1-4-16-32(17-5-1)49-52-50(33-18-6-2-7-19-33)54-51(53-49)40-25-15-28-43-45(40)39-31-30-38-37-24-14-29-44(47(37)57-48(38)46(39)55(43)34-20-8-3-9-21-34)56-41-26-12-10-22-35(41)36-23-11-13-27-42(36)56/h1-31H. The first-order valence-electron chi connectivity index (χ1n) is 19.1. The summed E-state index contributed by atoms with van der Waals surface area (Å²) >= 11 is 0. The molecule has 0 amide bonds. The van der Waals surface area contributed by atoms with Crippen molar-refractivity contribution in [3.05, 3.63) is 188 Å². The van der Waals surface area contributed by atoms with E-state index < -0.39 is 0 Å². The predicted molar refractivity (Wildman–Crippen MR) is 232 cm³/mol. The molecule has 0 bridgehead atoms. The van der Waals surface area contributed by atoms with Gasteiger partial charge in [-0.25, -0.2) is 15.0 Å². The van der Waals surface area contributed by atoms with Crippen LogP contribution in [0.1, 0.15) is 0 Å². The Labute approximate surface area is 326 Å². The van der Waals surface area contributed by atoms with Gasteiger partial charge in [0, 0.05) is 54.7 Å². The van der Waals surface area contributed by atoms with E-state index in [1.807, 2.05) is 60.7 Å². The Morgan fingerprint density at radius 1 is 0.351 bits per heavy atom. The van der Waals surface area contributed by atoms with Gasteiger partial charge in [0.2, 0.25) is 0 Å². The maximum absolute atomic E-state index is 7.23. The first-order chi connectivity index (χ1) is 28.3. The molecule has 0 N–H and O–H groups in total. The molecular weight excluding hydrogens is 699 g/mol. The van der Waals surface area contributed by atoms with Gasteiger partial charge in [0.25, 0.3) is 0 Å². The van der Waals surface area contributed by atoms with Gasteiger partial charge in [-0.2, -0.15) is 0 Å². The minimum Gasteiger partial charge on any atom is -0.452 e. The van der Waals surface area contributed by atoms with Crippen LogP contribution in [0.3, 0.4) is 0 Å². The molecule has 0 aliphatic rings. The van der Waals surface area contributed by atoms with E-state index in [1.165, 1.54) is 10.8 Å². The minimum absolute atomic E-state index is 0.610. The number of furan rings is 1. The topological polar surface area (TPSA) is 61.7 Å². The Bertz CT molecular complexity index is 3400. The summed E-state index contributed by atoms with van der Waals surface area (Å²) in [6.07, 6.45) is 0. The van der Waals surface area contributed by atoms with Crippen molar-refractivity contribution >= 4 is 65.6 Å². The molecule has 0 aliphatic carbocycles. The van der Waals surface area contributed by atoms with Gasteiger partial charge in [-0.3, -0.25) is 0 Å². The van der Waals surface area contributed by atoms with E-state index in [2.05, 4.69) is 137 Å². The molecule has 6 nitrogen and oxygen atoms in total. The molecule has 0 saturated carbocycles. The van der Waals surface area contributed by atoms with Gasteiger partial charge < -0.3 is 13.6 Å². The third-order valence-corrected chi connectivity index (χ3v) is 11.2. The normalized spacial score (nSPS) is 11.9. The fourth-order valence-corrected chi connectivity index (χ4v) is 8.71. The molecular formula is C51H31N5O. The van der Waals surface area contributed by atoms with E-state index in [0.29, 0.717) is 17.5 Å². The molecule has 0 aliphatic heterocycles. The van der Waals surface area contributed by atoms with Crippen LogP contribution in [-0.4, -0.2) is 24.1 Å². The zero-order chi connectivity index (χ0) is 37.5. The SMILES string of the molecule is c1ccc(-c2nc(-c3ccccc3)nc(-c3cccc4c3c3ccc5c6cccc(-n7c8ccccc8c8ccccc87)c6oc5c3n4-c3ccccc3)n2)cc1. The largest absolute Gasteiger partial charge is 0.452 e. The molecule has 8 aromatic carbocycles. The highest BCUT2D eigenvalue weighted by atomic mass is 16.3. The molecule has 0 fully saturated rings. The zero-order valence-electron chi connectivity index (χ0n) is 30.5. The second-order valence-electron chi connectivity index (χ2n) is 14.4. The van der Waals surface area contributed by atoms with Gasteiger partial charge in [-0.05, 0) is 42.5 Å². The molecule has 6 heteroatoms. The van der Waals surface area contributed by atoms with E-state index in [1.54, 1.807) is 0 Å². The van der Waals surface area contributed by atoms with E-state index in [0.717, 1.165) is 82.8 Å². The van der Waals surface area contributed by atoms with Crippen LogP contribution < -0.4 is 0 Å². The molecule has 12 aromatic rings. The predicted octanol–water partition coefficient (Wildman–Crippen LogP) is 13.0. The molecule has 0 radical (unpaired) electrons. The van der Waals surface area contributed by atoms with Crippen molar-refractivity contribution in [3.63, 3.8) is 0 Å². The summed E-state index contributed by atoms with van der Waals surface area (Å²) in [6, 6.07) is 65.3. The first kappa shape index (κ1) is 31.5. The molecule has 0 spiro atoms. The number of benzene rings is 8. The van der Waals surface area contributed by atoms with Crippen LogP contribution in [0, 0.1) is 0 Å². The van der Waals surface area contributed by atoms with Crippen molar-refractivity contribution in [3.8, 4) is 45.5 Å². The lowest BCUT2D eigenvalue weighted by Crippen LogP contribution is -2.00. The van der Waals surface area contributed by atoms with Crippen molar-refractivity contribution in [1.82, 2.24) is 24.1 Å². The number of fused-ring (bicyclic) bond motifs is 10. The number of hydrogen-bond acceptors (Lipinski definition) is 4. The highest BCUT2D eigenvalue weighted by molar-refractivity contribution is 6.24. The Hall–Kier alpha value is -7.83. The van der Waals surface area contributed by atoms with Crippen molar-refractivity contribution in [2.45, 2.75) is 0 Å². The highest BCUT2D eigenvalue weighted by Crippen LogP contribution is 2.45. The van der Waals surface area contributed by atoms with Gasteiger partial charge in [0.1, 0.15) is 0 Å². The zero-order valence-corrected chi connectivity index (χ0v) is 30.5. The lowest BCUT2D eigenvalue weighted by molar-refractivity contribution is 0.668. The lowest BCUT2D eigenvalue weighted by Gasteiger charge is -2.10. The van der Waals surface area contributed by atoms with Crippen molar-refractivity contribution in [2.24, 2.45) is 0 Å². The number of aromatic nitrogens is 5. The second kappa shape index (κ2) is 12.3. The van der Waals surface area contributed by atoms with Crippen LogP contribution in [0.5, 0.6) is 0 Å².